The summed E-state index contributed by atoms with van der Waals surface area (Å²) in [7, 11) is 0. The summed E-state index contributed by atoms with van der Waals surface area (Å²) in [5.41, 5.74) is 0.468. The second-order valence-corrected chi connectivity index (χ2v) is 6.91. The van der Waals surface area contributed by atoms with Crippen molar-refractivity contribution in [1.29, 1.82) is 0 Å². The third-order valence-electron chi connectivity index (χ3n) is 3.34. The van der Waals surface area contributed by atoms with Crippen LogP contribution in [0.2, 0.25) is 0 Å². The number of alkyl carbamates (subject to hydrolysis) is 1. The number of ether oxygens (including phenoxy) is 1. The predicted octanol–water partition coefficient (Wildman–Crippen LogP) is 4.26. The molecule has 1 amide bonds. The molecule has 128 valence electrons. The average Bonchev–Trinajstić information content (AvgIpc) is 2.43. The van der Waals surface area contributed by atoms with E-state index in [1.165, 1.54) is 12.1 Å². The van der Waals surface area contributed by atoms with Gasteiger partial charge in [0.1, 0.15) is 11.4 Å². The van der Waals surface area contributed by atoms with Crippen LogP contribution in [0.1, 0.15) is 56.5 Å². The fourth-order valence-corrected chi connectivity index (χ4v) is 2.01. The number of benzene rings is 1. The van der Waals surface area contributed by atoms with Crippen molar-refractivity contribution < 1.29 is 18.7 Å². The largest absolute Gasteiger partial charge is 0.444 e. The zero-order valence-corrected chi connectivity index (χ0v) is 14.5. The first-order valence-electron chi connectivity index (χ1n) is 7.84. The van der Waals surface area contributed by atoms with Crippen molar-refractivity contribution >= 4 is 11.9 Å². The summed E-state index contributed by atoms with van der Waals surface area (Å²) in [5, 5.41) is 2.70. The maximum atomic E-state index is 13.2. The van der Waals surface area contributed by atoms with Crippen LogP contribution in [0.15, 0.2) is 18.2 Å². The Morgan fingerprint density at radius 2 is 1.96 bits per heavy atom. The van der Waals surface area contributed by atoms with Gasteiger partial charge in [-0.05, 0) is 63.8 Å². The lowest BCUT2D eigenvalue weighted by atomic mass is 9.99. The number of carbonyl (C=O) groups excluding carboxylic acids is 2. The predicted molar refractivity (Wildman–Crippen MR) is 88.1 cm³/mol. The van der Waals surface area contributed by atoms with Gasteiger partial charge in [-0.25, -0.2) is 9.18 Å². The molecule has 1 unspecified atom stereocenters. The number of aryl methyl sites for hydroxylation is 1. The topological polar surface area (TPSA) is 55.4 Å². The van der Waals surface area contributed by atoms with E-state index in [0.717, 1.165) is 0 Å². The number of carbonyl (C=O) groups is 2. The second-order valence-electron chi connectivity index (χ2n) is 6.91. The van der Waals surface area contributed by atoms with Crippen molar-refractivity contribution in [1.82, 2.24) is 5.32 Å². The molecule has 0 aromatic heterocycles. The summed E-state index contributed by atoms with van der Waals surface area (Å²) in [6.07, 6.45) is 0.553. The van der Waals surface area contributed by atoms with E-state index in [1.54, 1.807) is 33.8 Å². The van der Waals surface area contributed by atoms with E-state index in [4.69, 9.17) is 4.74 Å². The zero-order valence-electron chi connectivity index (χ0n) is 14.5. The van der Waals surface area contributed by atoms with Crippen LogP contribution in [0, 0.1) is 18.7 Å². The minimum absolute atomic E-state index is 0.0165. The second kappa shape index (κ2) is 8.09. The zero-order chi connectivity index (χ0) is 17.6. The lowest BCUT2D eigenvalue weighted by Gasteiger charge is -2.20. The molecule has 1 aromatic carbocycles. The molecule has 1 atom stereocenters. The van der Waals surface area contributed by atoms with Crippen molar-refractivity contribution in [2.24, 2.45) is 5.92 Å². The molecule has 1 aromatic rings. The van der Waals surface area contributed by atoms with Gasteiger partial charge in [0.15, 0.2) is 5.78 Å². The van der Waals surface area contributed by atoms with Crippen molar-refractivity contribution in [3.63, 3.8) is 0 Å². The first kappa shape index (κ1) is 19.1. The van der Waals surface area contributed by atoms with E-state index in [1.807, 2.05) is 6.92 Å². The molecule has 0 aliphatic rings. The summed E-state index contributed by atoms with van der Waals surface area (Å²) in [5.74, 6) is -0.179. The third kappa shape index (κ3) is 7.26. The SMILES string of the molecule is Cc1cc(C(=O)CCC(C)CNC(=O)OC(C)(C)C)ccc1F. The van der Waals surface area contributed by atoms with Gasteiger partial charge in [-0.3, -0.25) is 4.79 Å². The summed E-state index contributed by atoms with van der Waals surface area (Å²) >= 11 is 0. The number of hydrogen-bond donors (Lipinski definition) is 1. The average molecular weight is 323 g/mol. The molecule has 0 aliphatic heterocycles. The van der Waals surface area contributed by atoms with Gasteiger partial charge >= 0.3 is 6.09 Å². The van der Waals surface area contributed by atoms with E-state index in [2.05, 4.69) is 5.32 Å². The monoisotopic (exact) mass is 323 g/mol. The fraction of sp³-hybridized carbons (Fsp3) is 0.556. The molecule has 23 heavy (non-hydrogen) atoms. The molecule has 1 N–H and O–H groups in total. The molecule has 0 radical (unpaired) electrons. The Bertz CT molecular complexity index is 564. The van der Waals surface area contributed by atoms with Crippen LogP contribution in [-0.2, 0) is 4.74 Å². The molecule has 1 rings (SSSR count). The Morgan fingerprint density at radius 3 is 2.52 bits per heavy atom. The van der Waals surface area contributed by atoms with Crippen LogP contribution in [0.25, 0.3) is 0 Å². The van der Waals surface area contributed by atoms with Crippen LogP contribution >= 0.6 is 0 Å². The van der Waals surface area contributed by atoms with Gasteiger partial charge < -0.3 is 10.1 Å². The van der Waals surface area contributed by atoms with Crippen LogP contribution < -0.4 is 5.32 Å². The van der Waals surface area contributed by atoms with Gasteiger partial charge in [0.05, 0.1) is 0 Å². The third-order valence-corrected chi connectivity index (χ3v) is 3.34. The van der Waals surface area contributed by atoms with Crippen LogP contribution in [0.3, 0.4) is 0 Å². The van der Waals surface area contributed by atoms with Gasteiger partial charge in [-0.1, -0.05) is 6.92 Å². The molecule has 0 bridgehead atoms. The summed E-state index contributed by atoms with van der Waals surface area (Å²) < 4.78 is 18.4. The number of amides is 1. The molecule has 0 fully saturated rings. The highest BCUT2D eigenvalue weighted by atomic mass is 19.1. The molecule has 5 heteroatoms. The van der Waals surface area contributed by atoms with Gasteiger partial charge in [0.25, 0.3) is 0 Å². The van der Waals surface area contributed by atoms with Crippen molar-refractivity contribution in [3.8, 4) is 0 Å². The van der Waals surface area contributed by atoms with E-state index in [-0.39, 0.29) is 17.5 Å². The standard InChI is InChI=1S/C18H26FNO3/c1-12(11-20-17(22)23-18(3,4)5)6-9-16(21)14-7-8-15(19)13(2)10-14/h7-8,10,12H,6,9,11H2,1-5H3,(H,20,22). The van der Waals surface area contributed by atoms with Gasteiger partial charge in [0, 0.05) is 18.5 Å². The number of halogens is 1. The Hall–Kier alpha value is -1.91. The van der Waals surface area contributed by atoms with Crippen LogP contribution in [0.4, 0.5) is 9.18 Å². The fourth-order valence-electron chi connectivity index (χ4n) is 2.01. The molecule has 0 saturated carbocycles. The van der Waals surface area contributed by atoms with Gasteiger partial charge in [-0.2, -0.15) is 0 Å². The number of Topliss-reactive ketones (excluding diaryl/α,β-unsaturated/α-hetero) is 1. The van der Waals surface area contributed by atoms with Crippen molar-refractivity contribution in [3.05, 3.63) is 35.1 Å². The van der Waals surface area contributed by atoms with Crippen LogP contribution in [0.5, 0.6) is 0 Å². The lowest BCUT2D eigenvalue weighted by molar-refractivity contribution is 0.0520. The normalized spacial score (nSPS) is 12.6. The molecular formula is C18H26FNO3. The molecular weight excluding hydrogens is 297 g/mol. The molecule has 0 spiro atoms. The first-order chi connectivity index (χ1) is 10.6. The molecule has 0 heterocycles. The van der Waals surface area contributed by atoms with Crippen molar-refractivity contribution in [2.45, 2.75) is 53.1 Å². The van der Waals surface area contributed by atoms with E-state index < -0.39 is 11.7 Å². The van der Waals surface area contributed by atoms with Gasteiger partial charge in [-0.15, -0.1) is 0 Å². The number of ketones is 1. The Kier molecular flexibility index (Phi) is 6.73. The van der Waals surface area contributed by atoms with E-state index in [9.17, 15) is 14.0 Å². The Labute approximate surface area is 137 Å². The maximum absolute atomic E-state index is 13.2. The summed E-state index contributed by atoms with van der Waals surface area (Å²) in [6, 6.07) is 4.39. The van der Waals surface area contributed by atoms with E-state index >= 15 is 0 Å². The molecule has 4 nitrogen and oxygen atoms in total. The van der Waals surface area contributed by atoms with Crippen molar-refractivity contribution in [2.75, 3.05) is 6.54 Å². The smallest absolute Gasteiger partial charge is 0.407 e. The lowest BCUT2D eigenvalue weighted by Crippen LogP contribution is -2.34. The highest BCUT2D eigenvalue weighted by Gasteiger charge is 2.17. The Morgan fingerprint density at radius 1 is 1.30 bits per heavy atom. The number of rotatable bonds is 6. The van der Waals surface area contributed by atoms with Crippen LogP contribution in [-0.4, -0.2) is 24.0 Å². The number of hydrogen-bond acceptors (Lipinski definition) is 3. The minimum atomic E-state index is -0.524. The molecule has 0 saturated heterocycles. The summed E-state index contributed by atoms with van der Waals surface area (Å²) in [6.45, 7) is 9.46. The first-order valence-corrected chi connectivity index (χ1v) is 7.84. The maximum Gasteiger partial charge on any atom is 0.407 e. The highest BCUT2D eigenvalue weighted by Crippen LogP contribution is 2.14. The molecule has 0 aliphatic carbocycles. The van der Waals surface area contributed by atoms with E-state index in [0.29, 0.717) is 30.5 Å². The Balaban J connectivity index is 2.38. The minimum Gasteiger partial charge on any atom is -0.444 e. The quantitative estimate of drug-likeness (QED) is 0.796. The highest BCUT2D eigenvalue weighted by molar-refractivity contribution is 5.96. The van der Waals surface area contributed by atoms with Gasteiger partial charge in [0.2, 0.25) is 0 Å². The summed E-state index contributed by atoms with van der Waals surface area (Å²) in [4.78, 5) is 23.7. The number of nitrogens with one attached hydrogen (secondary N) is 1.